The number of aromatic nitrogens is 3. The van der Waals surface area contributed by atoms with Crippen LogP contribution in [0.1, 0.15) is 67.3 Å². The molecule has 2 heterocycles. The van der Waals surface area contributed by atoms with Crippen LogP contribution in [0.5, 0.6) is 0 Å². The summed E-state index contributed by atoms with van der Waals surface area (Å²) in [5.41, 5.74) is 3.17. The maximum Gasteiger partial charge on any atom is 0.256 e. The number of pyridine rings is 1. The van der Waals surface area contributed by atoms with Crippen molar-refractivity contribution < 1.29 is 4.79 Å². The molecule has 0 spiro atoms. The van der Waals surface area contributed by atoms with Crippen molar-refractivity contribution in [2.45, 2.75) is 58.7 Å². The van der Waals surface area contributed by atoms with E-state index in [1.54, 1.807) is 6.20 Å². The zero-order valence-electron chi connectivity index (χ0n) is 16.7. The fourth-order valence-corrected chi connectivity index (χ4v) is 4.07. The van der Waals surface area contributed by atoms with Crippen LogP contribution in [0.3, 0.4) is 0 Å². The Morgan fingerprint density at radius 1 is 1.25 bits per heavy atom. The van der Waals surface area contributed by atoms with Gasteiger partial charge in [-0.1, -0.05) is 29.8 Å². The lowest BCUT2D eigenvalue weighted by Crippen LogP contribution is -2.36. The molecule has 0 aliphatic heterocycles. The molecule has 146 valence electrons. The highest BCUT2D eigenvalue weighted by molar-refractivity contribution is 6.31. The number of carbonyl (C=O) groups excluding carboxylic acids is 1. The summed E-state index contributed by atoms with van der Waals surface area (Å²) in [6.45, 7) is 8.09. The SMILES string of the molecule is Cc1nc2c(cnn2C(C)C)cc1C(=O)N(C1CC1)C(C)c1ccccc1Cl. The van der Waals surface area contributed by atoms with Gasteiger partial charge in [-0.05, 0) is 58.2 Å². The van der Waals surface area contributed by atoms with E-state index in [9.17, 15) is 4.79 Å². The first-order valence-corrected chi connectivity index (χ1v) is 10.2. The highest BCUT2D eigenvalue weighted by atomic mass is 35.5. The van der Waals surface area contributed by atoms with Crippen molar-refractivity contribution in [3.63, 3.8) is 0 Å². The van der Waals surface area contributed by atoms with Crippen LogP contribution in [0.15, 0.2) is 36.5 Å². The third-order valence-electron chi connectivity index (χ3n) is 5.43. The minimum absolute atomic E-state index is 0.0131. The summed E-state index contributed by atoms with van der Waals surface area (Å²) in [6.07, 6.45) is 3.85. The van der Waals surface area contributed by atoms with Crippen molar-refractivity contribution in [1.82, 2.24) is 19.7 Å². The van der Waals surface area contributed by atoms with Gasteiger partial charge >= 0.3 is 0 Å². The van der Waals surface area contributed by atoms with E-state index < -0.39 is 0 Å². The number of rotatable bonds is 5. The Hall–Kier alpha value is -2.40. The number of aryl methyl sites for hydroxylation is 1. The number of fused-ring (bicyclic) bond motifs is 1. The Balaban J connectivity index is 1.74. The van der Waals surface area contributed by atoms with Gasteiger partial charge in [0.2, 0.25) is 0 Å². The minimum Gasteiger partial charge on any atom is -0.329 e. The number of amides is 1. The van der Waals surface area contributed by atoms with Crippen molar-refractivity contribution in [2.24, 2.45) is 0 Å². The van der Waals surface area contributed by atoms with Crippen LogP contribution >= 0.6 is 11.6 Å². The average molecular weight is 397 g/mol. The van der Waals surface area contributed by atoms with Gasteiger partial charge in [-0.2, -0.15) is 5.10 Å². The summed E-state index contributed by atoms with van der Waals surface area (Å²) >= 11 is 6.42. The van der Waals surface area contributed by atoms with Gasteiger partial charge in [-0.15, -0.1) is 0 Å². The van der Waals surface area contributed by atoms with Crippen LogP contribution in [0.25, 0.3) is 11.0 Å². The Kier molecular flexibility index (Phi) is 4.88. The summed E-state index contributed by atoms with van der Waals surface area (Å²) in [6, 6.07) is 10.1. The molecule has 2 aromatic heterocycles. The second-order valence-electron chi connectivity index (χ2n) is 7.86. The predicted molar refractivity (Wildman–Crippen MR) is 112 cm³/mol. The zero-order valence-corrected chi connectivity index (χ0v) is 17.4. The minimum atomic E-state index is -0.0952. The molecule has 1 aliphatic rings. The lowest BCUT2D eigenvalue weighted by molar-refractivity contribution is 0.0673. The second kappa shape index (κ2) is 7.21. The molecule has 1 amide bonds. The molecular formula is C22H25ClN4O. The van der Waals surface area contributed by atoms with Gasteiger partial charge in [-0.25, -0.2) is 9.67 Å². The quantitative estimate of drug-likeness (QED) is 0.584. The number of hydrogen-bond acceptors (Lipinski definition) is 3. The van der Waals surface area contributed by atoms with Gasteiger partial charge in [0.1, 0.15) is 0 Å². The highest BCUT2D eigenvalue weighted by Crippen LogP contribution is 2.38. The van der Waals surface area contributed by atoms with E-state index in [4.69, 9.17) is 16.6 Å². The molecule has 1 aromatic carbocycles. The van der Waals surface area contributed by atoms with Gasteiger partial charge in [0.25, 0.3) is 5.91 Å². The van der Waals surface area contributed by atoms with Crippen molar-refractivity contribution in [3.8, 4) is 0 Å². The molecule has 1 saturated carbocycles. The van der Waals surface area contributed by atoms with Gasteiger partial charge in [-0.3, -0.25) is 4.79 Å². The van der Waals surface area contributed by atoms with Gasteiger partial charge in [0, 0.05) is 22.5 Å². The number of carbonyl (C=O) groups is 1. The first kappa shape index (κ1) is 18.9. The third-order valence-corrected chi connectivity index (χ3v) is 5.77. The Bertz CT molecular complexity index is 1040. The summed E-state index contributed by atoms with van der Waals surface area (Å²) in [5.74, 6) is 0.0131. The third kappa shape index (κ3) is 3.28. The van der Waals surface area contributed by atoms with Crippen LogP contribution in [0.2, 0.25) is 5.02 Å². The molecular weight excluding hydrogens is 372 g/mol. The molecule has 1 fully saturated rings. The Morgan fingerprint density at radius 3 is 2.61 bits per heavy atom. The van der Waals surface area contributed by atoms with Crippen molar-refractivity contribution >= 4 is 28.5 Å². The van der Waals surface area contributed by atoms with Crippen LogP contribution in [0, 0.1) is 6.92 Å². The van der Waals surface area contributed by atoms with Crippen LogP contribution < -0.4 is 0 Å². The maximum atomic E-state index is 13.6. The predicted octanol–water partition coefficient (Wildman–Crippen LogP) is 5.34. The fourth-order valence-electron chi connectivity index (χ4n) is 3.77. The van der Waals surface area contributed by atoms with Gasteiger partial charge in [0.05, 0.1) is 23.5 Å². The molecule has 0 N–H and O–H groups in total. The lowest BCUT2D eigenvalue weighted by atomic mass is 10.0. The number of benzene rings is 1. The molecule has 1 atom stereocenters. The largest absolute Gasteiger partial charge is 0.329 e. The van der Waals surface area contributed by atoms with E-state index in [2.05, 4.69) is 25.9 Å². The van der Waals surface area contributed by atoms with E-state index in [-0.39, 0.29) is 24.0 Å². The van der Waals surface area contributed by atoms with E-state index >= 15 is 0 Å². The van der Waals surface area contributed by atoms with Gasteiger partial charge < -0.3 is 4.90 Å². The smallest absolute Gasteiger partial charge is 0.256 e. The van der Waals surface area contributed by atoms with Crippen molar-refractivity contribution in [3.05, 3.63) is 58.4 Å². The zero-order chi connectivity index (χ0) is 20.0. The normalized spacial score (nSPS) is 15.2. The van der Waals surface area contributed by atoms with E-state index in [1.807, 2.05) is 46.8 Å². The fraction of sp³-hybridized carbons (Fsp3) is 0.409. The maximum absolute atomic E-state index is 13.6. The molecule has 28 heavy (non-hydrogen) atoms. The Morgan fingerprint density at radius 2 is 1.96 bits per heavy atom. The molecule has 6 heteroatoms. The summed E-state index contributed by atoms with van der Waals surface area (Å²) < 4.78 is 1.89. The Labute approximate surface area is 170 Å². The molecule has 0 bridgehead atoms. The summed E-state index contributed by atoms with van der Waals surface area (Å²) in [7, 11) is 0. The molecule has 4 rings (SSSR count). The molecule has 1 aliphatic carbocycles. The van der Waals surface area contributed by atoms with E-state index in [1.165, 1.54) is 0 Å². The van der Waals surface area contributed by atoms with Crippen molar-refractivity contribution in [2.75, 3.05) is 0 Å². The summed E-state index contributed by atoms with van der Waals surface area (Å²) in [5, 5.41) is 6.02. The number of nitrogens with zero attached hydrogens (tertiary/aromatic N) is 4. The molecule has 3 aromatic rings. The van der Waals surface area contributed by atoms with Crippen LogP contribution in [0.4, 0.5) is 0 Å². The first-order valence-electron chi connectivity index (χ1n) is 9.80. The van der Waals surface area contributed by atoms with E-state index in [0.717, 1.165) is 35.1 Å². The molecule has 1 unspecified atom stereocenters. The molecule has 0 radical (unpaired) electrons. The van der Waals surface area contributed by atoms with Crippen LogP contribution in [-0.2, 0) is 0 Å². The molecule has 5 nitrogen and oxygen atoms in total. The van der Waals surface area contributed by atoms with Crippen LogP contribution in [-0.4, -0.2) is 31.6 Å². The van der Waals surface area contributed by atoms with Crippen molar-refractivity contribution in [1.29, 1.82) is 0 Å². The standard InChI is InChI=1S/C22H25ClN4O/c1-13(2)27-21-16(12-24-27)11-19(14(3)25-21)22(28)26(17-9-10-17)15(4)18-7-5-6-8-20(18)23/h5-8,11-13,15,17H,9-10H2,1-4H3. The second-order valence-corrected chi connectivity index (χ2v) is 8.27. The first-order chi connectivity index (χ1) is 13.4. The number of halogens is 1. The monoisotopic (exact) mass is 396 g/mol. The van der Waals surface area contributed by atoms with Gasteiger partial charge in [0.15, 0.2) is 5.65 Å². The molecule has 0 saturated heterocycles. The lowest BCUT2D eigenvalue weighted by Gasteiger charge is -2.30. The number of hydrogen-bond donors (Lipinski definition) is 0. The summed E-state index contributed by atoms with van der Waals surface area (Å²) in [4.78, 5) is 20.3. The highest BCUT2D eigenvalue weighted by Gasteiger charge is 2.38. The topological polar surface area (TPSA) is 51.0 Å². The van der Waals surface area contributed by atoms with E-state index in [0.29, 0.717) is 10.6 Å². The average Bonchev–Trinajstić information content (AvgIpc) is 3.39.